The normalized spacial score (nSPS) is 10.6. The second-order valence-corrected chi connectivity index (χ2v) is 6.97. The predicted molar refractivity (Wildman–Crippen MR) is 116 cm³/mol. The van der Waals surface area contributed by atoms with E-state index in [0.717, 1.165) is 16.6 Å². The van der Waals surface area contributed by atoms with Gasteiger partial charge in [-0.05, 0) is 43.3 Å². The number of likely N-dealkylation sites (N-methyl/N-ethyl adjacent to an activating group) is 1. The molecule has 0 aliphatic rings. The average molecular weight is 396 g/mol. The zero-order valence-electron chi connectivity index (χ0n) is 16.7. The summed E-state index contributed by atoms with van der Waals surface area (Å²) in [7, 11) is 1.77. The van der Waals surface area contributed by atoms with Crippen LogP contribution in [0.1, 0.15) is 11.3 Å². The molecular weight excluding hydrogens is 376 g/mol. The standard InChI is InChI=1S/C24H20N4O2/c1-17-13-18(15-25)14-23(26-17)30-22-10-6-9-21-20(22)11-12-28(21)16-24(29)27(2)19-7-4-3-5-8-19/h3-14H,16H2,1-2H3. The van der Waals surface area contributed by atoms with Gasteiger partial charge in [0, 0.05) is 36.1 Å². The van der Waals surface area contributed by atoms with E-state index in [0.29, 0.717) is 22.9 Å². The van der Waals surface area contributed by atoms with Gasteiger partial charge in [-0.25, -0.2) is 4.98 Å². The second kappa shape index (κ2) is 8.10. The fraction of sp³-hybridized carbons (Fsp3) is 0.125. The molecule has 0 unspecified atom stereocenters. The van der Waals surface area contributed by atoms with E-state index in [9.17, 15) is 4.79 Å². The van der Waals surface area contributed by atoms with Crippen LogP contribution in [0.5, 0.6) is 11.6 Å². The summed E-state index contributed by atoms with van der Waals surface area (Å²) in [6, 6.07) is 22.6. The molecule has 4 rings (SSSR count). The Hall–Kier alpha value is -4.11. The van der Waals surface area contributed by atoms with Crippen LogP contribution < -0.4 is 9.64 Å². The zero-order chi connectivity index (χ0) is 21.1. The maximum absolute atomic E-state index is 12.8. The molecule has 0 aliphatic heterocycles. The number of aromatic nitrogens is 2. The summed E-state index contributed by atoms with van der Waals surface area (Å²) in [6.07, 6.45) is 1.87. The number of anilines is 1. The van der Waals surface area contributed by atoms with Crippen molar-refractivity contribution in [3.05, 3.63) is 84.2 Å². The number of rotatable bonds is 5. The van der Waals surface area contributed by atoms with Crippen molar-refractivity contribution >= 4 is 22.5 Å². The molecule has 1 amide bonds. The lowest BCUT2D eigenvalue weighted by atomic mass is 10.2. The summed E-state index contributed by atoms with van der Waals surface area (Å²) >= 11 is 0. The number of para-hydroxylation sites is 1. The summed E-state index contributed by atoms with van der Waals surface area (Å²) < 4.78 is 7.88. The van der Waals surface area contributed by atoms with Gasteiger partial charge < -0.3 is 14.2 Å². The van der Waals surface area contributed by atoms with Crippen molar-refractivity contribution in [3.63, 3.8) is 0 Å². The molecular formula is C24H20N4O2. The Balaban J connectivity index is 1.60. The van der Waals surface area contributed by atoms with Gasteiger partial charge in [0.05, 0.1) is 17.1 Å². The van der Waals surface area contributed by atoms with Crippen molar-refractivity contribution < 1.29 is 9.53 Å². The van der Waals surface area contributed by atoms with Crippen LogP contribution in [0.15, 0.2) is 72.9 Å². The molecule has 30 heavy (non-hydrogen) atoms. The third-order valence-electron chi connectivity index (χ3n) is 4.87. The van der Waals surface area contributed by atoms with Crippen LogP contribution in [0, 0.1) is 18.3 Å². The van der Waals surface area contributed by atoms with E-state index in [2.05, 4.69) is 11.1 Å². The van der Waals surface area contributed by atoms with Gasteiger partial charge in [-0.15, -0.1) is 0 Å². The topological polar surface area (TPSA) is 71.2 Å². The summed E-state index contributed by atoms with van der Waals surface area (Å²) in [4.78, 5) is 18.8. The molecule has 6 nitrogen and oxygen atoms in total. The highest BCUT2D eigenvalue weighted by atomic mass is 16.5. The van der Waals surface area contributed by atoms with Crippen molar-refractivity contribution in [2.75, 3.05) is 11.9 Å². The Bertz CT molecular complexity index is 1260. The third-order valence-corrected chi connectivity index (χ3v) is 4.87. The number of hydrogen-bond donors (Lipinski definition) is 0. The predicted octanol–water partition coefficient (Wildman–Crippen LogP) is 4.67. The maximum atomic E-state index is 12.8. The van der Waals surface area contributed by atoms with E-state index in [4.69, 9.17) is 10.00 Å². The van der Waals surface area contributed by atoms with Crippen molar-refractivity contribution in [2.24, 2.45) is 0 Å². The molecule has 0 N–H and O–H groups in total. The molecule has 2 aromatic carbocycles. The highest BCUT2D eigenvalue weighted by Gasteiger charge is 2.14. The molecule has 2 aromatic heterocycles. The number of benzene rings is 2. The SMILES string of the molecule is Cc1cc(C#N)cc(Oc2cccc3c2ccn3CC(=O)N(C)c2ccccc2)n1. The van der Waals surface area contributed by atoms with Gasteiger partial charge in [-0.3, -0.25) is 4.79 Å². The number of amides is 1. The third kappa shape index (κ3) is 3.87. The lowest BCUT2D eigenvalue weighted by molar-refractivity contribution is -0.118. The van der Waals surface area contributed by atoms with Crippen LogP contribution in [0.2, 0.25) is 0 Å². The Morgan fingerprint density at radius 1 is 1.13 bits per heavy atom. The Morgan fingerprint density at radius 2 is 1.93 bits per heavy atom. The Kier molecular flexibility index (Phi) is 5.19. The number of nitrogens with zero attached hydrogens (tertiary/aromatic N) is 4. The van der Waals surface area contributed by atoms with E-state index in [1.165, 1.54) is 0 Å². The van der Waals surface area contributed by atoms with Crippen LogP contribution in [0.25, 0.3) is 10.9 Å². The van der Waals surface area contributed by atoms with Gasteiger partial charge in [0.2, 0.25) is 11.8 Å². The lowest BCUT2D eigenvalue weighted by Crippen LogP contribution is -2.29. The molecule has 0 aliphatic carbocycles. The van der Waals surface area contributed by atoms with Gasteiger partial charge in [-0.1, -0.05) is 24.3 Å². The van der Waals surface area contributed by atoms with E-state index in [1.54, 1.807) is 24.1 Å². The quantitative estimate of drug-likeness (QED) is 0.491. The molecule has 0 atom stereocenters. The van der Waals surface area contributed by atoms with Gasteiger partial charge >= 0.3 is 0 Å². The monoisotopic (exact) mass is 396 g/mol. The number of aryl methyl sites for hydroxylation is 1. The fourth-order valence-corrected chi connectivity index (χ4v) is 3.34. The average Bonchev–Trinajstić information content (AvgIpc) is 3.17. The number of carbonyl (C=O) groups is 1. The fourth-order valence-electron chi connectivity index (χ4n) is 3.34. The molecule has 0 spiro atoms. The van der Waals surface area contributed by atoms with Crippen molar-refractivity contribution in [2.45, 2.75) is 13.5 Å². The number of carbonyl (C=O) groups excluding carboxylic acids is 1. The number of fused-ring (bicyclic) bond motifs is 1. The number of nitriles is 1. The minimum absolute atomic E-state index is 0.0240. The van der Waals surface area contributed by atoms with E-state index < -0.39 is 0 Å². The van der Waals surface area contributed by atoms with Crippen LogP contribution >= 0.6 is 0 Å². The van der Waals surface area contributed by atoms with Gasteiger partial charge in [0.25, 0.3) is 0 Å². The van der Waals surface area contributed by atoms with Crippen LogP contribution in [0.3, 0.4) is 0 Å². The maximum Gasteiger partial charge on any atom is 0.246 e. The zero-order valence-corrected chi connectivity index (χ0v) is 16.7. The summed E-state index contributed by atoms with van der Waals surface area (Å²) in [5, 5.41) is 10.0. The number of ether oxygens (including phenoxy) is 1. The summed E-state index contributed by atoms with van der Waals surface area (Å²) in [5.74, 6) is 0.966. The van der Waals surface area contributed by atoms with Crippen LogP contribution in [-0.4, -0.2) is 22.5 Å². The van der Waals surface area contributed by atoms with Gasteiger partial charge in [0.15, 0.2) is 0 Å². The molecule has 0 saturated heterocycles. The largest absolute Gasteiger partial charge is 0.438 e. The summed E-state index contributed by atoms with van der Waals surface area (Å²) in [5.41, 5.74) is 2.94. The summed E-state index contributed by atoms with van der Waals surface area (Å²) in [6.45, 7) is 2.03. The first-order chi connectivity index (χ1) is 14.5. The highest BCUT2D eigenvalue weighted by molar-refractivity contribution is 5.94. The minimum Gasteiger partial charge on any atom is -0.438 e. The molecule has 0 saturated carbocycles. The Morgan fingerprint density at radius 3 is 2.70 bits per heavy atom. The first kappa shape index (κ1) is 19.2. The molecule has 148 valence electrons. The van der Waals surface area contributed by atoms with Crippen LogP contribution in [-0.2, 0) is 11.3 Å². The van der Waals surface area contributed by atoms with Crippen molar-refractivity contribution in [3.8, 4) is 17.7 Å². The molecule has 6 heteroatoms. The Labute approximate surface area is 174 Å². The molecule has 0 radical (unpaired) electrons. The lowest BCUT2D eigenvalue weighted by Gasteiger charge is -2.18. The van der Waals surface area contributed by atoms with E-state index in [-0.39, 0.29) is 12.5 Å². The minimum atomic E-state index is -0.0240. The van der Waals surface area contributed by atoms with Crippen molar-refractivity contribution in [1.29, 1.82) is 5.26 Å². The number of pyridine rings is 1. The second-order valence-electron chi connectivity index (χ2n) is 6.97. The number of hydrogen-bond acceptors (Lipinski definition) is 4. The molecule has 0 bridgehead atoms. The molecule has 0 fully saturated rings. The molecule has 2 heterocycles. The first-order valence-electron chi connectivity index (χ1n) is 9.51. The smallest absolute Gasteiger partial charge is 0.246 e. The van der Waals surface area contributed by atoms with Crippen molar-refractivity contribution in [1.82, 2.24) is 9.55 Å². The molecule has 4 aromatic rings. The van der Waals surface area contributed by atoms with Crippen LogP contribution in [0.4, 0.5) is 5.69 Å². The van der Waals surface area contributed by atoms with Gasteiger partial charge in [-0.2, -0.15) is 5.26 Å². The highest BCUT2D eigenvalue weighted by Crippen LogP contribution is 2.30. The first-order valence-corrected chi connectivity index (χ1v) is 9.51. The van der Waals surface area contributed by atoms with Gasteiger partial charge in [0.1, 0.15) is 12.3 Å². The van der Waals surface area contributed by atoms with E-state index in [1.807, 2.05) is 72.3 Å². The van der Waals surface area contributed by atoms with E-state index >= 15 is 0 Å².